The van der Waals surface area contributed by atoms with E-state index in [9.17, 15) is 15.2 Å². The van der Waals surface area contributed by atoms with Crippen LogP contribution in [0.15, 0.2) is 46.4 Å². The highest BCUT2D eigenvalue weighted by Gasteiger charge is 2.11. The number of aromatic hydroxyl groups is 1. The Hall–Kier alpha value is -1.85. The van der Waals surface area contributed by atoms with E-state index in [4.69, 9.17) is 0 Å². The predicted octanol–water partition coefficient (Wildman–Crippen LogP) is 4.87. The summed E-state index contributed by atoms with van der Waals surface area (Å²) in [6, 6.07) is 12.8. The number of aryl methyl sites for hydroxylation is 1. The molecule has 0 aliphatic rings. The summed E-state index contributed by atoms with van der Waals surface area (Å²) in [5.41, 5.74) is 2.45. The van der Waals surface area contributed by atoms with Crippen molar-refractivity contribution in [1.29, 1.82) is 5.26 Å². The molecule has 0 saturated heterocycles. The van der Waals surface area contributed by atoms with Gasteiger partial charge >= 0.3 is 0 Å². The third-order valence-electron chi connectivity index (χ3n) is 3.34. The van der Waals surface area contributed by atoms with Crippen LogP contribution in [0.2, 0.25) is 0 Å². The van der Waals surface area contributed by atoms with Gasteiger partial charge in [0.25, 0.3) is 5.91 Å². The van der Waals surface area contributed by atoms with Crippen LogP contribution in [-0.2, 0) is 11.2 Å². The fourth-order valence-corrected chi connectivity index (χ4v) is 3.50. The van der Waals surface area contributed by atoms with Gasteiger partial charge in [0, 0.05) is 5.69 Å². The number of hydrogen-bond donors (Lipinski definition) is 2. The first-order valence-electron chi connectivity index (χ1n) is 7.14. The van der Waals surface area contributed by atoms with Gasteiger partial charge in [-0.3, -0.25) is 4.79 Å². The van der Waals surface area contributed by atoms with E-state index in [1.807, 2.05) is 52.9 Å². The number of carbonyl (C=O) groups is 1. The Labute approximate surface area is 162 Å². The number of amides is 1. The number of phenols is 1. The molecule has 0 atom stereocenters. The van der Waals surface area contributed by atoms with Crippen LogP contribution in [0.1, 0.15) is 18.1 Å². The maximum Gasteiger partial charge on any atom is 0.266 e. The Kier molecular flexibility index (Phi) is 6.40. The molecule has 0 unspecified atom stereocenters. The van der Waals surface area contributed by atoms with Crippen LogP contribution >= 0.6 is 38.5 Å². The second-order valence-corrected chi connectivity index (χ2v) is 7.02. The van der Waals surface area contributed by atoms with Gasteiger partial charge < -0.3 is 10.4 Å². The average Bonchev–Trinajstić information content (AvgIpc) is 2.58. The van der Waals surface area contributed by atoms with Crippen molar-refractivity contribution in [3.05, 3.63) is 61.1 Å². The highest BCUT2D eigenvalue weighted by atomic mass is 127. The molecule has 4 nitrogen and oxygen atoms in total. The van der Waals surface area contributed by atoms with E-state index >= 15 is 0 Å². The SMILES string of the molecule is CCc1ccc(NC(=O)C(C#N)=Cc2cc(Br)c(O)c(I)c2)cc1. The van der Waals surface area contributed by atoms with Crippen LogP contribution < -0.4 is 5.32 Å². The molecule has 0 aromatic heterocycles. The maximum atomic E-state index is 12.3. The summed E-state index contributed by atoms with van der Waals surface area (Å²) in [7, 11) is 0. The average molecular weight is 497 g/mol. The lowest BCUT2D eigenvalue weighted by atomic mass is 10.1. The van der Waals surface area contributed by atoms with Gasteiger partial charge in [-0.1, -0.05) is 19.1 Å². The molecule has 2 aromatic rings. The van der Waals surface area contributed by atoms with E-state index in [1.54, 1.807) is 12.1 Å². The van der Waals surface area contributed by atoms with Gasteiger partial charge in [0.15, 0.2) is 0 Å². The second-order valence-electron chi connectivity index (χ2n) is 5.01. The van der Waals surface area contributed by atoms with E-state index in [-0.39, 0.29) is 11.3 Å². The van der Waals surface area contributed by atoms with Gasteiger partial charge in [0.05, 0.1) is 8.04 Å². The maximum absolute atomic E-state index is 12.3. The molecule has 0 spiro atoms. The summed E-state index contributed by atoms with van der Waals surface area (Å²) in [4.78, 5) is 12.3. The molecule has 24 heavy (non-hydrogen) atoms. The van der Waals surface area contributed by atoms with Crippen LogP contribution in [0, 0.1) is 14.9 Å². The van der Waals surface area contributed by atoms with Gasteiger partial charge in [-0.05, 0) is 86.4 Å². The molecular formula is C18H14BrIN2O2. The standard InChI is InChI=1S/C18H14BrIN2O2/c1-2-11-3-5-14(6-4-11)22-18(24)13(10-21)7-12-8-15(19)17(23)16(20)9-12/h3-9,23H,2H2,1H3,(H,22,24). The number of phenolic OH excluding ortho intramolecular Hbond substituents is 1. The smallest absolute Gasteiger partial charge is 0.266 e. The lowest BCUT2D eigenvalue weighted by Crippen LogP contribution is -2.13. The summed E-state index contributed by atoms with van der Waals surface area (Å²) in [5, 5.41) is 21.7. The largest absolute Gasteiger partial charge is 0.506 e. The molecule has 0 bridgehead atoms. The zero-order valence-corrected chi connectivity index (χ0v) is 16.6. The minimum absolute atomic E-state index is 0.0112. The first-order chi connectivity index (χ1) is 11.4. The van der Waals surface area contributed by atoms with E-state index in [1.165, 1.54) is 11.6 Å². The molecule has 0 fully saturated rings. The number of nitrogens with zero attached hydrogens (tertiary/aromatic N) is 1. The zero-order valence-electron chi connectivity index (χ0n) is 12.8. The molecule has 2 N–H and O–H groups in total. The highest BCUT2D eigenvalue weighted by Crippen LogP contribution is 2.31. The molecule has 1 amide bonds. The number of rotatable bonds is 4. The summed E-state index contributed by atoms with van der Waals surface area (Å²) in [5.74, 6) is -0.340. The minimum Gasteiger partial charge on any atom is -0.506 e. The lowest BCUT2D eigenvalue weighted by molar-refractivity contribution is -0.112. The van der Waals surface area contributed by atoms with Crippen molar-refractivity contribution in [2.24, 2.45) is 0 Å². The monoisotopic (exact) mass is 496 g/mol. The Morgan fingerprint density at radius 3 is 2.58 bits per heavy atom. The molecule has 0 radical (unpaired) electrons. The van der Waals surface area contributed by atoms with Crippen molar-refractivity contribution >= 4 is 56.2 Å². The van der Waals surface area contributed by atoms with Gasteiger partial charge in [-0.15, -0.1) is 0 Å². The van der Waals surface area contributed by atoms with E-state index < -0.39 is 5.91 Å². The molecule has 2 aromatic carbocycles. The second kappa shape index (κ2) is 8.31. The molecule has 0 heterocycles. The number of hydrogen-bond acceptors (Lipinski definition) is 3. The Morgan fingerprint density at radius 1 is 1.38 bits per heavy atom. The Balaban J connectivity index is 2.23. The lowest BCUT2D eigenvalue weighted by Gasteiger charge is -2.06. The zero-order chi connectivity index (χ0) is 17.7. The highest BCUT2D eigenvalue weighted by molar-refractivity contribution is 14.1. The van der Waals surface area contributed by atoms with Crippen molar-refractivity contribution in [2.75, 3.05) is 5.32 Å². The molecule has 122 valence electrons. The van der Waals surface area contributed by atoms with Crippen LogP contribution in [0.5, 0.6) is 5.75 Å². The summed E-state index contributed by atoms with van der Waals surface area (Å²) < 4.78 is 1.13. The van der Waals surface area contributed by atoms with Crippen LogP contribution in [0.25, 0.3) is 6.08 Å². The van der Waals surface area contributed by atoms with Gasteiger partial charge in [-0.25, -0.2) is 0 Å². The van der Waals surface area contributed by atoms with Crippen LogP contribution in [0.3, 0.4) is 0 Å². The Morgan fingerprint density at radius 2 is 2.04 bits per heavy atom. The van der Waals surface area contributed by atoms with E-state index in [0.29, 0.717) is 19.3 Å². The van der Waals surface area contributed by atoms with Crippen LogP contribution in [0.4, 0.5) is 5.69 Å². The number of benzene rings is 2. The van der Waals surface area contributed by atoms with Crippen molar-refractivity contribution in [3.63, 3.8) is 0 Å². The first-order valence-corrected chi connectivity index (χ1v) is 9.02. The van der Waals surface area contributed by atoms with Gasteiger partial charge in [-0.2, -0.15) is 5.26 Å². The van der Waals surface area contributed by atoms with Crippen molar-refractivity contribution < 1.29 is 9.90 Å². The number of nitrogens with one attached hydrogen (secondary N) is 1. The minimum atomic E-state index is -0.471. The normalized spacial score (nSPS) is 11.0. The predicted molar refractivity (Wildman–Crippen MR) is 107 cm³/mol. The molecule has 0 aliphatic heterocycles. The summed E-state index contributed by atoms with van der Waals surface area (Å²) in [6.07, 6.45) is 2.41. The fourth-order valence-electron chi connectivity index (χ4n) is 2.01. The van der Waals surface area contributed by atoms with Gasteiger partial charge in [0.2, 0.25) is 0 Å². The molecule has 0 aliphatic carbocycles. The molecule has 6 heteroatoms. The van der Waals surface area contributed by atoms with Crippen molar-refractivity contribution in [1.82, 2.24) is 0 Å². The van der Waals surface area contributed by atoms with E-state index in [2.05, 4.69) is 28.2 Å². The number of carbonyl (C=O) groups excluding carboxylic acids is 1. The molecular weight excluding hydrogens is 483 g/mol. The summed E-state index contributed by atoms with van der Waals surface area (Å²) in [6.45, 7) is 2.06. The fraction of sp³-hybridized carbons (Fsp3) is 0.111. The van der Waals surface area contributed by atoms with Crippen LogP contribution in [-0.4, -0.2) is 11.0 Å². The topological polar surface area (TPSA) is 73.1 Å². The van der Waals surface area contributed by atoms with Crippen molar-refractivity contribution in [2.45, 2.75) is 13.3 Å². The third kappa shape index (κ3) is 4.58. The van der Waals surface area contributed by atoms with Gasteiger partial charge in [0.1, 0.15) is 17.4 Å². The summed E-state index contributed by atoms with van der Waals surface area (Å²) >= 11 is 5.23. The molecule has 0 saturated carbocycles. The first kappa shape index (κ1) is 18.5. The molecule has 2 rings (SSSR count). The Bertz CT molecular complexity index is 816. The van der Waals surface area contributed by atoms with E-state index in [0.717, 1.165) is 6.42 Å². The third-order valence-corrected chi connectivity index (χ3v) is 4.76. The van der Waals surface area contributed by atoms with Crippen molar-refractivity contribution in [3.8, 4) is 11.8 Å². The number of nitriles is 1. The quantitative estimate of drug-likeness (QED) is 0.360. The number of anilines is 1. The number of halogens is 2.